The van der Waals surface area contributed by atoms with Crippen LogP contribution in [-0.2, 0) is 6.18 Å². The quantitative estimate of drug-likeness (QED) is 0.703. The van der Waals surface area contributed by atoms with E-state index in [9.17, 15) is 13.2 Å². The van der Waals surface area contributed by atoms with Crippen LogP contribution >= 0.6 is 0 Å². The Balaban J connectivity index is 2.92. The van der Waals surface area contributed by atoms with Crippen LogP contribution in [0.1, 0.15) is 31.2 Å². The van der Waals surface area contributed by atoms with Crippen LogP contribution in [0.15, 0.2) is 6.07 Å². The molecule has 0 aromatic carbocycles. The summed E-state index contributed by atoms with van der Waals surface area (Å²) >= 11 is 0. The molecule has 5 heteroatoms. The van der Waals surface area contributed by atoms with E-state index in [-0.39, 0.29) is 5.92 Å². The Labute approximate surface area is 67.8 Å². The summed E-state index contributed by atoms with van der Waals surface area (Å²) in [5.74, 6) is 0.0357. The van der Waals surface area contributed by atoms with Gasteiger partial charge in [0.05, 0.1) is 0 Å². The number of nitrogens with one attached hydrogen (secondary N) is 1. The summed E-state index contributed by atoms with van der Waals surface area (Å²) in [6.45, 7) is 3.60. The van der Waals surface area contributed by atoms with Crippen molar-refractivity contribution in [2.24, 2.45) is 0 Å². The van der Waals surface area contributed by atoms with Gasteiger partial charge in [0.1, 0.15) is 0 Å². The highest BCUT2D eigenvalue weighted by molar-refractivity contribution is 5.14. The van der Waals surface area contributed by atoms with Gasteiger partial charge < -0.3 is 0 Å². The van der Waals surface area contributed by atoms with Gasteiger partial charge in [0.2, 0.25) is 0 Å². The molecule has 0 unspecified atom stereocenters. The lowest BCUT2D eigenvalue weighted by atomic mass is 10.1. The normalized spacial score (nSPS) is 12.5. The maximum atomic E-state index is 12.0. The van der Waals surface area contributed by atoms with Crippen molar-refractivity contribution < 1.29 is 13.2 Å². The van der Waals surface area contributed by atoms with Crippen LogP contribution < -0.4 is 0 Å². The molecule has 0 spiro atoms. The minimum Gasteiger partial charge on any atom is -0.282 e. The molecule has 1 rings (SSSR count). The molecule has 0 saturated heterocycles. The Morgan fingerprint density at radius 1 is 1.42 bits per heavy atom. The van der Waals surface area contributed by atoms with Gasteiger partial charge in [-0.3, -0.25) is 5.10 Å². The molecule has 0 aliphatic heterocycles. The van der Waals surface area contributed by atoms with Crippen LogP contribution in [0.2, 0.25) is 0 Å². The summed E-state index contributed by atoms with van der Waals surface area (Å²) in [7, 11) is 0. The van der Waals surface area contributed by atoms with Gasteiger partial charge in [-0.2, -0.15) is 18.3 Å². The van der Waals surface area contributed by atoms with E-state index in [0.717, 1.165) is 6.07 Å². The Kier molecular flexibility index (Phi) is 2.12. The number of alkyl halides is 3. The summed E-state index contributed by atoms with van der Waals surface area (Å²) < 4.78 is 35.9. The van der Waals surface area contributed by atoms with E-state index in [4.69, 9.17) is 0 Å². The second-order valence-corrected chi connectivity index (χ2v) is 2.86. The monoisotopic (exact) mass is 178 g/mol. The van der Waals surface area contributed by atoms with Gasteiger partial charge in [0, 0.05) is 5.69 Å². The van der Waals surface area contributed by atoms with E-state index in [1.54, 1.807) is 13.8 Å². The molecule has 0 fully saturated rings. The van der Waals surface area contributed by atoms with Crippen LogP contribution in [0, 0.1) is 0 Å². The maximum absolute atomic E-state index is 12.0. The third-order valence-electron chi connectivity index (χ3n) is 1.51. The molecule has 0 atom stereocenters. The van der Waals surface area contributed by atoms with E-state index in [0.29, 0.717) is 5.69 Å². The van der Waals surface area contributed by atoms with Crippen molar-refractivity contribution >= 4 is 0 Å². The van der Waals surface area contributed by atoms with Crippen molar-refractivity contribution in [2.45, 2.75) is 25.9 Å². The molecule has 0 aliphatic rings. The number of nitrogens with zero attached hydrogens (tertiary/aromatic N) is 1. The molecule has 12 heavy (non-hydrogen) atoms. The number of aromatic nitrogens is 2. The molecule has 0 amide bonds. The second kappa shape index (κ2) is 2.80. The third kappa shape index (κ3) is 1.78. The Morgan fingerprint density at radius 3 is 2.25 bits per heavy atom. The van der Waals surface area contributed by atoms with Crippen molar-refractivity contribution in [3.8, 4) is 0 Å². The van der Waals surface area contributed by atoms with Crippen LogP contribution in [-0.4, -0.2) is 10.2 Å². The van der Waals surface area contributed by atoms with Gasteiger partial charge in [-0.05, 0) is 12.0 Å². The minimum atomic E-state index is -4.34. The first kappa shape index (κ1) is 9.09. The molecule has 0 aliphatic carbocycles. The molecule has 1 aromatic heterocycles. The minimum absolute atomic E-state index is 0.0357. The summed E-state index contributed by atoms with van der Waals surface area (Å²) in [6, 6.07) is 1.03. The fraction of sp³-hybridized carbons (Fsp3) is 0.571. The zero-order chi connectivity index (χ0) is 9.35. The van der Waals surface area contributed by atoms with Crippen LogP contribution in [0.25, 0.3) is 0 Å². The van der Waals surface area contributed by atoms with E-state index in [1.165, 1.54) is 0 Å². The summed E-state index contributed by atoms with van der Waals surface area (Å²) in [5, 5.41) is 5.50. The molecule has 1 heterocycles. The summed E-state index contributed by atoms with van der Waals surface area (Å²) in [5.41, 5.74) is -0.353. The predicted octanol–water partition coefficient (Wildman–Crippen LogP) is 2.55. The van der Waals surface area contributed by atoms with Crippen LogP contribution in [0.3, 0.4) is 0 Å². The van der Waals surface area contributed by atoms with Crippen molar-refractivity contribution in [2.75, 3.05) is 0 Å². The first-order valence-corrected chi connectivity index (χ1v) is 3.53. The van der Waals surface area contributed by atoms with Crippen LogP contribution in [0.5, 0.6) is 0 Å². The Morgan fingerprint density at radius 2 is 2.00 bits per heavy atom. The van der Waals surface area contributed by atoms with Gasteiger partial charge >= 0.3 is 6.18 Å². The topological polar surface area (TPSA) is 28.7 Å². The number of aromatic amines is 1. The fourth-order valence-corrected chi connectivity index (χ4v) is 0.778. The van der Waals surface area contributed by atoms with Crippen molar-refractivity contribution in [3.63, 3.8) is 0 Å². The van der Waals surface area contributed by atoms with Gasteiger partial charge in [-0.15, -0.1) is 0 Å². The van der Waals surface area contributed by atoms with Crippen molar-refractivity contribution in [1.29, 1.82) is 0 Å². The molecule has 0 radical (unpaired) electrons. The van der Waals surface area contributed by atoms with E-state index in [1.807, 2.05) is 0 Å². The number of hydrogen-bond acceptors (Lipinski definition) is 1. The second-order valence-electron chi connectivity index (χ2n) is 2.86. The number of H-pyrrole nitrogens is 1. The lowest BCUT2D eigenvalue weighted by Crippen LogP contribution is -2.04. The predicted molar refractivity (Wildman–Crippen MR) is 37.7 cm³/mol. The zero-order valence-corrected chi connectivity index (χ0v) is 6.74. The number of rotatable bonds is 1. The number of halogens is 3. The van der Waals surface area contributed by atoms with E-state index < -0.39 is 11.9 Å². The SMILES string of the molecule is CC(C)c1cc(C(F)(F)F)n[nH]1. The molecule has 0 saturated carbocycles. The molecule has 1 aromatic rings. The van der Waals surface area contributed by atoms with Crippen LogP contribution in [0.4, 0.5) is 13.2 Å². The van der Waals surface area contributed by atoms with Gasteiger partial charge in [-0.1, -0.05) is 13.8 Å². The van der Waals surface area contributed by atoms with E-state index in [2.05, 4.69) is 10.2 Å². The highest BCUT2D eigenvalue weighted by Gasteiger charge is 2.33. The highest BCUT2D eigenvalue weighted by Crippen LogP contribution is 2.28. The van der Waals surface area contributed by atoms with Gasteiger partial charge in [0.25, 0.3) is 0 Å². The first-order chi connectivity index (χ1) is 5.41. The molecule has 1 N–H and O–H groups in total. The highest BCUT2D eigenvalue weighted by atomic mass is 19.4. The molecule has 2 nitrogen and oxygen atoms in total. The maximum Gasteiger partial charge on any atom is 0.435 e. The average molecular weight is 178 g/mol. The smallest absolute Gasteiger partial charge is 0.282 e. The van der Waals surface area contributed by atoms with Gasteiger partial charge in [0.15, 0.2) is 5.69 Å². The molecular weight excluding hydrogens is 169 g/mol. The largest absolute Gasteiger partial charge is 0.435 e. The zero-order valence-electron chi connectivity index (χ0n) is 6.74. The Hall–Kier alpha value is -1.00. The fourth-order valence-electron chi connectivity index (χ4n) is 0.778. The lowest BCUT2D eigenvalue weighted by Gasteiger charge is -1.99. The summed E-state index contributed by atoms with van der Waals surface area (Å²) in [4.78, 5) is 0. The average Bonchev–Trinajstić information content (AvgIpc) is 2.30. The van der Waals surface area contributed by atoms with E-state index >= 15 is 0 Å². The van der Waals surface area contributed by atoms with Crippen molar-refractivity contribution in [1.82, 2.24) is 10.2 Å². The van der Waals surface area contributed by atoms with Gasteiger partial charge in [-0.25, -0.2) is 0 Å². The molecular formula is C7H9F3N2. The summed E-state index contributed by atoms with van der Waals surface area (Å²) in [6.07, 6.45) is -4.34. The molecule has 68 valence electrons. The number of hydrogen-bond donors (Lipinski definition) is 1. The third-order valence-corrected chi connectivity index (χ3v) is 1.51. The van der Waals surface area contributed by atoms with Crippen molar-refractivity contribution in [3.05, 3.63) is 17.5 Å². The Bertz CT molecular complexity index is 262. The molecule has 0 bridgehead atoms. The lowest BCUT2D eigenvalue weighted by molar-refractivity contribution is -0.141. The first-order valence-electron chi connectivity index (χ1n) is 3.53. The standard InChI is InChI=1S/C7H9F3N2/c1-4(2)5-3-6(12-11-5)7(8,9)10/h3-4H,1-2H3,(H,11,12).